The number of ether oxygens (including phenoxy) is 1. The monoisotopic (exact) mass is 255 g/mol. The second kappa shape index (κ2) is 6.39. The third kappa shape index (κ3) is 3.83. The molecule has 2 rings (SSSR count). The molecule has 0 saturated heterocycles. The van der Waals surface area contributed by atoms with Gasteiger partial charge in [-0.1, -0.05) is 42.5 Å². The summed E-state index contributed by atoms with van der Waals surface area (Å²) in [6, 6.07) is 17.0. The van der Waals surface area contributed by atoms with E-state index in [-0.39, 0.29) is 6.04 Å². The van der Waals surface area contributed by atoms with Crippen molar-refractivity contribution in [2.75, 3.05) is 7.11 Å². The number of hydrogen-bond acceptors (Lipinski definition) is 2. The van der Waals surface area contributed by atoms with E-state index in [1.807, 2.05) is 19.1 Å². The zero-order chi connectivity index (χ0) is 13.7. The first-order chi connectivity index (χ1) is 9.19. The molecule has 0 fully saturated rings. The summed E-state index contributed by atoms with van der Waals surface area (Å²) in [4.78, 5) is 0. The van der Waals surface area contributed by atoms with Gasteiger partial charge in [0.2, 0.25) is 0 Å². The van der Waals surface area contributed by atoms with Crippen LogP contribution in [0.4, 0.5) is 0 Å². The molecule has 1 unspecified atom stereocenters. The summed E-state index contributed by atoms with van der Waals surface area (Å²) >= 11 is 0. The minimum Gasteiger partial charge on any atom is -0.496 e. The zero-order valence-electron chi connectivity index (χ0n) is 11.6. The highest BCUT2D eigenvalue weighted by Crippen LogP contribution is 2.22. The highest BCUT2D eigenvalue weighted by Gasteiger charge is 2.07. The second-order valence-corrected chi connectivity index (χ2v) is 4.99. The van der Waals surface area contributed by atoms with Gasteiger partial charge in [0, 0.05) is 6.04 Å². The molecule has 0 aromatic heterocycles. The van der Waals surface area contributed by atoms with Crippen LogP contribution in [0.25, 0.3) is 0 Å². The summed E-state index contributed by atoms with van der Waals surface area (Å²) in [5, 5.41) is 0. The molecular formula is C17H21NO. The van der Waals surface area contributed by atoms with Crippen LogP contribution < -0.4 is 10.5 Å². The third-order valence-corrected chi connectivity index (χ3v) is 3.14. The Kier molecular flexibility index (Phi) is 4.58. The van der Waals surface area contributed by atoms with E-state index in [1.165, 1.54) is 16.7 Å². The molecule has 0 aliphatic carbocycles. The molecule has 2 aromatic carbocycles. The van der Waals surface area contributed by atoms with Crippen LogP contribution in [0.2, 0.25) is 0 Å². The van der Waals surface area contributed by atoms with Crippen molar-refractivity contribution in [1.29, 1.82) is 0 Å². The summed E-state index contributed by atoms with van der Waals surface area (Å²) in [5.41, 5.74) is 9.69. The first-order valence-electron chi connectivity index (χ1n) is 6.64. The maximum Gasteiger partial charge on any atom is 0.122 e. The number of benzene rings is 2. The number of hydrogen-bond donors (Lipinski definition) is 1. The molecule has 0 heterocycles. The van der Waals surface area contributed by atoms with Crippen LogP contribution in [0.15, 0.2) is 48.5 Å². The predicted molar refractivity (Wildman–Crippen MR) is 79.6 cm³/mol. The Hall–Kier alpha value is -1.80. The van der Waals surface area contributed by atoms with Crippen molar-refractivity contribution in [2.45, 2.75) is 25.8 Å². The van der Waals surface area contributed by atoms with Crippen LogP contribution in [0, 0.1) is 0 Å². The molecule has 2 nitrogen and oxygen atoms in total. The van der Waals surface area contributed by atoms with Crippen molar-refractivity contribution in [3.05, 3.63) is 65.2 Å². The van der Waals surface area contributed by atoms with Gasteiger partial charge in [-0.2, -0.15) is 0 Å². The molecule has 0 aliphatic rings. The summed E-state index contributed by atoms with van der Waals surface area (Å²) in [5.74, 6) is 0.925. The highest BCUT2D eigenvalue weighted by molar-refractivity contribution is 5.39. The van der Waals surface area contributed by atoms with Crippen molar-refractivity contribution in [3.63, 3.8) is 0 Å². The molecule has 0 aliphatic heterocycles. The Morgan fingerprint density at radius 1 is 1.05 bits per heavy atom. The van der Waals surface area contributed by atoms with E-state index in [1.54, 1.807) is 7.11 Å². The van der Waals surface area contributed by atoms with E-state index in [0.29, 0.717) is 0 Å². The minimum atomic E-state index is 0.140. The molecule has 0 radical (unpaired) electrons. The first-order valence-corrected chi connectivity index (χ1v) is 6.64. The van der Waals surface area contributed by atoms with Gasteiger partial charge in [0.25, 0.3) is 0 Å². The Balaban J connectivity index is 2.22. The molecule has 0 spiro atoms. The lowest BCUT2D eigenvalue weighted by Crippen LogP contribution is -2.18. The largest absolute Gasteiger partial charge is 0.496 e. The fraction of sp³-hybridized carbons (Fsp3) is 0.294. The molecule has 2 heteroatoms. The van der Waals surface area contributed by atoms with Crippen LogP contribution >= 0.6 is 0 Å². The lowest BCUT2D eigenvalue weighted by Gasteiger charge is -2.12. The normalized spacial score (nSPS) is 12.2. The van der Waals surface area contributed by atoms with Crippen LogP contribution in [-0.4, -0.2) is 13.2 Å². The molecule has 0 amide bonds. The second-order valence-electron chi connectivity index (χ2n) is 4.99. The smallest absolute Gasteiger partial charge is 0.122 e. The Labute approximate surface area is 115 Å². The molecule has 19 heavy (non-hydrogen) atoms. The first kappa shape index (κ1) is 13.6. The van der Waals surface area contributed by atoms with Crippen molar-refractivity contribution < 1.29 is 4.74 Å². The SMILES string of the molecule is COc1ccc(Cc2ccccc2)cc1CC(C)N. The third-order valence-electron chi connectivity index (χ3n) is 3.14. The van der Waals surface area contributed by atoms with Gasteiger partial charge in [-0.25, -0.2) is 0 Å². The van der Waals surface area contributed by atoms with E-state index < -0.39 is 0 Å². The van der Waals surface area contributed by atoms with Gasteiger partial charge in [-0.3, -0.25) is 0 Å². The number of methoxy groups -OCH3 is 1. The lowest BCUT2D eigenvalue weighted by atomic mass is 9.99. The Morgan fingerprint density at radius 3 is 2.42 bits per heavy atom. The van der Waals surface area contributed by atoms with Crippen molar-refractivity contribution in [3.8, 4) is 5.75 Å². The van der Waals surface area contributed by atoms with Gasteiger partial charge >= 0.3 is 0 Å². The average Bonchev–Trinajstić information content (AvgIpc) is 2.39. The maximum absolute atomic E-state index is 5.90. The average molecular weight is 255 g/mol. The van der Waals surface area contributed by atoms with Gasteiger partial charge < -0.3 is 10.5 Å². The number of nitrogens with two attached hydrogens (primary N) is 1. The van der Waals surface area contributed by atoms with E-state index in [2.05, 4.69) is 36.4 Å². The fourth-order valence-electron chi connectivity index (χ4n) is 2.28. The van der Waals surface area contributed by atoms with Crippen molar-refractivity contribution in [2.24, 2.45) is 5.73 Å². The maximum atomic E-state index is 5.90. The van der Waals surface area contributed by atoms with Gasteiger partial charge in [0.05, 0.1) is 7.11 Å². The molecule has 0 bridgehead atoms. The van der Waals surface area contributed by atoms with Crippen LogP contribution in [-0.2, 0) is 12.8 Å². The Morgan fingerprint density at radius 2 is 1.79 bits per heavy atom. The molecule has 2 aromatic rings. The van der Waals surface area contributed by atoms with E-state index >= 15 is 0 Å². The fourth-order valence-corrected chi connectivity index (χ4v) is 2.28. The van der Waals surface area contributed by atoms with E-state index in [0.717, 1.165) is 18.6 Å². The van der Waals surface area contributed by atoms with Crippen LogP contribution in [0.1, 0.15) is 23.6 Å². The summed E-state index contributed by atoms with van der Waals surface area (Å²) in [6.45, 7) is 2.02. The summed E-state index contributed by atoms with van der Waals surface area (Å²) in [6.07, 6.45) is 1.78. The highest BCUT2D eigenvalue weighted by atomic mass is 16.5. The van der Waals surface area contributed by atoms with Gasteiger partial charge in [-0.15, -0.1) is 0 Å². The zero-order valence-corrected chi connectivity index (χ0v) is 11.6. The molecule has 100 valence electrons. The molecule has 2 N–H and O–H groups in total. The Bertz CT molecular complexity index is 520. The summed E-state index contributed by atoms with van der Waals surface area (Å²) < 4.78 is 5.40. The van der Waals surface area contributed by atoms with Crippen LogP contribution in [0.3, 0.4) is 0 Å². The molecule has 1 atom stereocenters. The quantitative estimate of drug-likeness (QED) is 0.890. The predicted octanol–water partition coefficient (Wildman–Crippen LogP) is 3.18. The summed E-state index contributed by atoms with van der Waals surface area (Å²) in [7, 11) is 1.71. The molecular weight excluding hydrogens is 234 g/mol. The van der Waals surface area contributed by atoms with Crippen molar-refractivity contribution >= 4 is 0 Å². The number of rotatable bonds is 5. The van der Waals surface area contributed by atoms with E-state index in [4.69, 9.17) is 10.5 Å². The van der Waals surface area contributed by atoms with Crippen molar-refractivity contribution in [1.82, 2.24) is 0 Å². The topological polar surface area (TPSA) is 35.2 Å². The van der Waals surface area contributed by atoms with Gasteiger partial charge in [0.1, 0.15) is 5.75 Å². The minimum absolute atomic E-state index is 0.140. The van der Waals surface area contributed by atoms with Crippen LogP contribution in [0.5, 0.6) is 5.75 Å². The van der Waals surface area contributed by atoms with Gasteiger partial charge in [-0.05, 0) is 42.5 Å². The molecule has 0 saturated carbocycles. The lowest BCUT2D eigenvalue weighted by molar-refractivity contribution is 0.408. The van der Waals surface area contributed by atoms with Gasteiger partial charge in [0.15, 0.2) is 0 Å². The standard InChI is InChI=1S/C17H21NO/c1-13(18)10-16-12-15(8-9-17(16)19-2)11-14-6-4-3-5-7-14/h3-9,12-13H,10-11,18H2,1-2H3. The van der Waals surface area contributed by atoms with E-state index in [9.17, 15) is 0 Å².